The van der Waals surface area contributed by atoms with E-state index in [-0.39, 0.29) is 0 Å². The van der Waals surface area contributed by atoms with Crippen LogP contribution in [0.3, 0.4) is 0 Å². The molecule has 1 atom stereocenters. The molecule has 0 aromatic carbocycles. The number of hydrogen-bond donors (Lipinski definition) is 0. The van der Waals surface area contributed by atoms with Gasteiger partial charge in [0, 0.05) is 25.5 Å². The van der Waals surface area contributed by atoms with Gasteiger partial charge in [-0.1, -0.05) is 6.07 Å². The Morgan fingerprint density at radius 3 is 2.82 bits per heavy atom. The molecule has 1 aromatic heterocycles. The lowest BCUT2D eigenvalue weighted by atomic mass is 10.0. The largest absolute Gasteiger partial charge is 0.381 e. The molecule has 3 heteroatoms. The van der Waals surface area contributed by atoms with Crippen LogP contribution in [0.2, 0.25) is 0 Å². The van der Waals surface area contributed by atoms with Crippen LogP contribution >= 0.6 is 0 Å². The summed E-state index contributed by atoms with van der Waals surface area (Å²) in [5.41, 5.74) is 1.25. The maximum atomic E-state index is 5.46. The van der Waals surface area contributed by atoms with Gasteiger partial charge in [-0.3, -0.25) is 9.88 Å². The molecule has 1 aromatic rings. The highest BCUT2D eigenvalue weighted by molar-refractivity contribution is 5.11. The summed E-state index contributed by atoms with van der Waals surface area (Å²) in [6, 6.07) is 7.51. The fourth-order valence-electron chi connectivity index (χ4n) is 3.13. The van der Waals surface area contributed by atoms with E-state index in [1.807, 2.05) is 12.3 Å². The van der Waals surface area contributed by atoms with Gasteiger partial charge in [0.2, 0.25) is 0 Å². The van der Waals surface area contributed by atoms with Crippen LogP contribution in [0.25, 0.3) is 0 Å². The SMILES string of the molecule is c1ccc([C@@H]2CCCN2C2CCOCC2)nc1. The smallest absolute Gasteiger partial charge is 0.0575 e. The summed E-state index contributed by atoms with van der Waals surface area (Å²) in [7, 11) is 0. The molecule has 2 fully saturated rings. The van der Waals surface area contributed by atoms with Crippen LogP contribution in [0.1, 0.15) is 37.4 Å². The number of aromatic nitrogens is 1. The molecular weight excluding hydrogens is 212 g/mol. The predicted octanol–water partition coefficient (Wildman–Crippen LogP) is 2.40. The molecule has 0 amide bonds. The summed E-state index contributed by atoms with van der Waals surface area (Å²) in [4.78, 5) is 7.19. The number of pyridine rings is 1. The highest BCUT2D eigenvalue weighted by Crippen LogP contribution is 2.34. The Balaban J connectivity index is 1.75. The van der Waals surface area contributed by atoms with Crippen molar-refractivity contribution in [2.24, 2.45) is 0 Å². The fourth-order valence-corrected chi connectivity index (χ4v) is 3.13. The van der Waals surface area contributed by atoms with Gasteiger partial charge in [-0.05, 0) is 44.4 Å². The third kappa shape index (κ3) is 2.35. The Morgan fingerprint density at radius 1 is 1.18 bits per heavy atom. The fraction of sp³-hybridized carbons (Fsp3) is 0.643. The minimum absolute atomic E-state index is 0.541. The van der Waals surface area contributed by atoms with Crippen LogP contribution in [-0.2, 0) is 4.74 Å². The Hall–Kier alpha value is -0.930. The van der Waals surface area contributed by atoms with E-state index >= 15 is 0 Å². The molecule has 0 aliphatic carbocycles. The van der Waals surface area contributed by atoms with Crippen LogP contribution in [0.4, 0.5) is 0 Å². The molecule has 0 N–H and O–H groups in total. The Kier molecular flexibility index (Phi) is 3.39. The van der Waals surface area contributed by atoms with Crippen molar-refractivity contribution < 1.29 is 4.74 Å². The molecule has 0 saturated carbocycles. The maximum Gasteiger partial charge on any atom is 0.0575 e. The number of hydrogen-bond acceptors (Lipinski definition) is 3. The van der Waals surface area contributed by atoms with Crippen molar-refractivity contribution in [1.82, 2.24) is 9.88 Å². The van der Waals surface area contributed by atoms with Crippen molar-refractivity contribution >= 4 is 0 Å². The topological polar surface area (TPSA) is 25.4 Å². The van der Waals surface area contributed by atoms with Crippen molar-refractivity contribution in [2.45, 2.75) is 37.8 Å². The van der Waals surface area contributed by atoms with E-state index in [9.17, 15) is 0 Å². The monoisotopic (exact) mass is 232 g/mol. The molecule has 17 heavy (non-hydrogen) atoms. The van der Waals surface area contributed by atoms with Gasteiger partial charge in [0.15, 0.2) is 0 Å². The van der Waals surface area contributed by atoms with Crippen molar-refractivity contribution in [2.75, 3.05) is 19.8 Å². The third-order valence-electron chi connectivity index (χ3n) is 3.98. The zero-order chi connectivity index (χ0) is 11.5. The van der Waals surface area contributed by atoms with Gasteiger partial charge >= 0.3 is 0 Å². The summed E-state index contributed by atoms with van der Waals surface area (Å²) in [6.45, 7) is 3.08. The first-order valence-electron chi connectivity index (χ1n) is 6.69. The third-order valence-corrected chi connectivity index (χ3v) is 3.98. The first kappa shape index (κ1) is 11.2. The summed E-state index contributed by atoms with van der Waals surface area (Å²) < 4.78 is 5.46. The zero-order valence-corrected chi connectivity index (χ0v) is 10.2. The molecule has 3 heterocycles. The number of rotatable bonds is 2. The molecule has 0 spiro atoms. The van der Waals surface area contributed by atoms with E-state index in [1.165, 1.54) is 37.9 Å². The van der Waals surface area contributed by atoms with Crippen molar-refractivity contribution in [3.63, 3.8) is 0 Å². The molecule has 3 nitrogen and oxygen atoms in total. The quantitative estimate of drug-likeness (QED) is 0.783. The highest BCUT2D eigenvalue weighted by Gasteiger charge is 2.33. The summed E-state index contributed by atoms with van der Waals surface area (Å²) in [5, 5.41) is 0. The Morgan fingerprint density at radius 2 is 2.06 bits per heavy atom. The van der Waals surface area contributed by atoms with Crippen LogP contribution < -0.4 is 0 Å². The van der Waals surface area contributed by atoms with Gasteiger partial charge in [0.1, 0.15) is 0 Å². The van der Waals surface area contributed by atoms with Gasteiger partial charge in [0.25, 0.3) is 0 Å². The van der Waals surface area contributed by atoms with Crippen LogP contribution in [-0.4, -0.2) is 35.7 Å². The normalized spacial score (nSPS) is 27.4. The molecule has 92 valence electrons. The molecular formula is C14H20N2O. The molecule has 2 aliphatic rings. The number of ether oxygens (including phenoxy) is 1. The lowest BCUT2D eigenvalue weighted by Crippen LogP contribution is -2.39. The zero-order valence-electron chi connectivity index (χ0n) is 10.2. The van der Waals surface area contributed by atoms with E-state index < -0.39 is 0 Å². The van der Waals surface area contributed by atoms with Crippen LogP contribution in [0, 0.1) is 0 Å². The number of nitrogens with zero attached hydrogens (tertiary/aromatic N) is 2. The van der Waals surface area contributed by atoms with Gasteiger partial charge in [0.05, 0.1) is 11.7 Å². The standard InChI is InChI=1S/C14H20N2O/c1-2-8-15-13(4-1)14-5-3-9-16(14)12-6-10-17-11-7-12/h1-2,4,8,12,14H,3,5-7,9-11H2/t14-/m0/s1. The van der Waals surface area contributed by atoms with Gasteiger partial charge in [-0.15, -0.1) is 0 Å². The Labute approximate surface area is 103 Å². The predicted molar refractivity (Wildman–Crippen MR) is 66.8 cm³/mol. The average Bonchev–Trinajstić information content (AvgIpc) is 2.90. The Bertz CT molecular complexity index is 348. The lowest BCUT2D eigenvalue weighted by molar-refractivity contribution is 0.0285. The van der Waals surface area contributed by atoms with Crippen LogP contribution in [0.15, 0.2) is 24.4 Å². The molecule has 2 aliphatic heterocycles. The molecule has 3 rings (SSSR count). The molecule has 0 unspecified atom stereocenters. The van der Waals surface area contributed by atoms with Crippen LogP contribution in [0.5, 0.6) is 0 Å². The van der Waals surface area contributed by atoms with Crippen molar-refractivity contribution in [1.29, 1.82) is 0 Å². The van der Waals surface area contributed by atoms with E-state index in [2.05, 4.69) is 22.0 Å². The van der Waals surface area contributed by atoms with E-state index in [4.69, 9.17) is 4.74 Å². The lowest BCUT2D eigenvalue weighted by Gasteiger charge is -2.35. The second-order valence-electron chi connectivity index (χ2n) is 4.99. The first-order valence-corrected chi connectivity index (χ1v) is 6.69. The number of likely N-dealkylation sites (tertiary alicyclic amines) is 1. The summed E-state index contributed by atoms with van der Waals surface area (Å²) in [6.07, 6.45) is 6.84. The van der Waals surface area contributed by atoms with Crippen molar-refractivity contribution in [3.05, 3.63) is 30.1 Å². The average molecular weight is 232 g/mol. The van der Waals surface area contributed by atoms with E-state index in [1.54, 1.807) is 0 Å². The van der Waals surface area contributed by atoms with Gasteiger partial charge in [-0.25, -0.2) is 0 Å². The minimum Gasteiger partial charge on any atom is -0.381 e. The van der Waals surface area contributed by atoms with E-state index in [0.717, 1.165) is 13.2 Å². The molecule has 0 radical (unpaired) electrons. The maximum absolute atomic E-state index is 5.46. The highest BCUT2D eigenvalue weighted by atomic mass is 16.5. The molecule has 2 saturated heterocycles. The first-order chi connectivity index (χ1) is 8.45. The summed E-state index contributed by atoms with van der Waals surface area (Å²) in [5.74, 6) is 0. The van der Waals surface area contributed by atoms with E-state index in [0.29, 0.717) is 12.1 Å². The molecule has 0 bridgehead atoms. The van der Waals surface area contributed by atoms with Crippen molar-refractivity contribution in [3.8, 4) is 0 Å². The summed E-state index contributed by atoms with van der Waals surface area (Å²) >= 11 is 0. The second kappa shape index (κ2) is 5.15. The minimum atomic E-state index is 0.541. The second-order valence-corrected chi connectivity index (χ2v) is 4.99. The van der Waals surface area contributed by atoms with Gasteiger partial charge in [-0.2, -0.15) is 0 Å². The van der Waals surface area contributed by atoms with Gasteiger partial charge < -0.3 is 4.74 Å².